The molecule has 0 bridgehead atoms. The molecule has 2 aliphatic rings. The van der Waals surface area contributed by atoms with Gasteiger partial charge < -0.3 is 9.80 Å². The van der Waals surface area contributed by atoms with E-state index in [1.165, 1.54) is 88.6 Å². The lowest BCUT2D eigenvalue weighted by Crippen LogP contribution is -2.31. The van der Waals surface area contributed by atoms with Crippen molar-refractivity contribution in [2.24, 2.45) is 0 Å². The minimum absolute atomic E-state index is 0.163. The molecular formula is C62H48N2. The Morgan fingerprint density at radius 3 is 1.78 bits per heavy atom. The van der Waals surface area contributed by atoms with Crippen LogP contribution in [0.2, 0.25) is 0 Å². The molecule has 2 heteroatoms. The zero-order chi connectivity index (χ0) is 43.2. The first-order valence-electron chi connectivity index (χ1n) is 22.5. The second-order valence-corrected chi connectivity index (χ2v) is 18.5. The minimum atomic E-state index is -0.280. The molecule has 2 nitrogen and oxygen atoms in total. The van der Waals surface area contributed by atoms with Gasteiger partial charge in [0.15, 0.2) is 0 Å². The van der Waals surface area contributed by atoms with Crippen molar-refractivity contribution >= 4 is 55.7 Å². The Labute approximate surface area is 376 Å². The molecule has 0 atom stereocenters. The number of hydrogen-bond donors (Lipinski definition) is 0. The van der Waals surface area contributed by atoms with E-state index in [9.17, 15) is 0 Å². The number of anilines is 6. The van der Waals surface area contributed by atoms with Crippen LogP contribution in [0.15, 0.2) is 218 Å². The van der Waals surface area contributed by atoms with Gasteiger partial charge in [-0.05, 0) is 120 Å². The second kappa shape index (κ2) is 14.4. The van der Waals surface area contributed by atoms with Gasteiger partial charge in [-0.3, -0.25) is 0 Å². The molecule has 0 fully saturated rings. The topological polar surface area (TPSA) is 6.48 Å². The van der Waals surface area contributed by atoms with Crippen molar-refractivity contribution in [3.63, 3.8) is 0 Å². The van der Waals surface area contributed by atoms with Crippen molar-refractivity contribution in [3.8, 4) is 33.4 Å². The Kier molecular flexibility index (Phi) is 8.58. The summed E-state index contributed by atoms with van der Waals surface area (Å²) in [7, 11) is 0. The van der Waals surface area contributed by atoms with Gasteiger partial charge in [0.25, 0.3) is 0 Å². The highest BCUT2D eigenvalue weighted by atomic mass is 15.2. The van der Waals surface area contributed by atoms with Crippen molar-refractivity contribution in [2.45, 2.75) is 38.5 Å². The molecule has 0 unspecified atom stereocenters. The summed E-state index contributed by atoms with van der Waals surface area (Å²) >= 11 is 0. The van der Waals surface area contributed by atoms with E-state index in [0.717, 1.165) is 22.7 Å². The molecule has 0 aromatic heterocycles. The van der Waals surface area contributed by atoms with E-state index >= 15 is 0 Å². The van der Waals surface area contributed by atoms with Gasteiger partial charge in [-0.2, -0.15) is 0 Å². The summed E-state index contributed by atoms with van der Waals surface area (Å²) in [6.45, 7) is 9.54. The normalized spacial score (nSPS) is 14.2. The van der Waals surface area contributed by atoms with Crippen LogP contribution < -0.4 is 9.80 Å². The molecule has 64 heavy (non-hydrogen) atoms. The average molecular weight is 821 g/mol. The maximum atomic E-state index is 2.57. The molecule has 0 spiro atoms. The molecule has 12 rings (SSSR count). The van der Waals surface area contributed by atoms with E-state index < -0.39 is 0 Å². The molecule has 1 heterocycles. The fourth-order valence-electron chi connectivity index (χ4n) is 11.0. The Morgan fingerprint density at radius 1 is 0.344 bits per heavy atom. The summed E-state index contributed by atoms with van der Waals surface area (Å²) in [5.74, 6) is 0. The molecule has 0 N–H and O–H groups in total. The molecular weight excluding hydrogens is 773 g/mol. The maximum absolute atomic E-state index is 2.57. The van der Waals surface area contributed by atoms with Crippen LogP contribution in [0.3, 0.4) is 0 Å². The number of fused-ring (bicyclic) bond motifs is 7. The van der Waals surface area contributed by atoms with E-state index in [1.54, 1.807) is 0 Å². The summed E-state index contributed by atoms with van der Waals surface area (Å²) in [5.41, 5.74) is 19.2. The quantitative estimate of drug-likeness (QED) is 0.165. The SMILES string of the molecule is CC1(C)c2ccccc2-c2ccc(N(c3cccc(-c4ccccc4)c3)c3ccc4ccccc4c3N3c4ccccc4C(C)(C)c4cc(-c5cccc6ccccc56)ccc43)cc21. The van der Waals surface area contributed by atoms with Crippen molar-refractivity contribution in [2.75, 3.05) is 9.80 Å². The second-order valence-electron chi connectivity index (χ2n) is 18.5. The van der Waals surface area contributed by atoms with Gasteiger partial charge in [0.05, 0.1) is 22.7 Å². The van der Waals surface area contributed by atoms with Gasteiger partial charge in [0.2, 0.25) is 0 Å². The number of benzene rings is 10. The Balaban J connectivity index is 1.14. The molecule has 0 amide bonds. The van der Waals surface area contributed by atoms with E-state index in [1.807, 2.05) is 0 Å². The van der Waals surface area contributed by atoms with E-state index in [-0.39, 0.29) is 10.8 Å². The molecule has 1 aliphatic heterocycles. The Bertz CT molecular complexity index is 3460. The number of hydrogen-bond acceptors (Lipinski definition) is 2. The van der Waals surface area contributed by atoms with E-state index in [2.05, 4.69) is 256 Å². The molecule has 0 saturated carbocycles. The largest absolute Gasteiger partial charge is 0.308 e. The summed E-state index contributed by atoms with van der Waals surface area (Å²) in [4.78, 5) is 5.09. The molecule has 1 aliphatic carbocycles. The number of nitrogens with zero attached hydrogens (tertiary/aromatic N) is 2. The van der Waals surface area contributed by atoms with Gasteiger partial charge in [0, 0.05) is 27.6 Å². The monoisotopic (exact) mass is 820 g/mol. The molecule has 0 saturated heterocycles. The molecule has 306 valence electrons. The first-order valence-corrected chi connectivity index (χ1v) is 22.5. The van der Waals surface area contributed by atoms with Gasteiger partial charge in [-0.15, -0.1) is 0 Å². The third kappa shape index (κ3) is 5.79. The summed E-state index contributed by atoms with van der Waals surface area (Å²) in [5, 5.41) is 4.90. The summed E-state index contributed by atoms with van der Waals surface area (Å²) in [6.07, 6.45) is 0. The lowest BCUT2D eigenvalue weighted by molar-refractivity contribution is 0.632. The predicted molar refractivity (Wildman–Crippen MR) is 271 cm³/mol. The van der Waals surface area contributed by atoms with E-state index in [0.29, 0.717) is 0 Å². The highest BCUT2D eigenvalue weighted by molar-refractivity contribution is 6.09. The zero-order valence-corrected chi connectivity index (χ0v) is 36.7. The van der Waals surface area contributed by atoms with Crippen molar-refractivity contribution in [1.82, 2.24) is 0 Å². The zero-order valence-electron chi connectivity index (χ0n) is 36.7. The Morgan fingerprint density at radius 2 is 0.938 bits per heavy atom. The van der Waals surface area contributed by atoms with Crippen LogP contribution in [0.25, 0.3) is 54.9 Å². The van der Waals surface area contributed by atoms with Crippen LogP contribution >= 0.6 is 0 Å². The maximum Gasteiger partial charge on any atom is 0.0781 e. The lowest BCUT2D eigenvalue weighted by Gasteiger charge is -2.44. The van der Waals surface area contributed by atoms with Gasteiger partial charge in [-0.1, -0.05) is 198 Å². The molecule has 10 aromatic rings. The number of rotatable bonds is 6. The highest BCUT2D eigenvalue weighted by Gasteiger charge is 2.40. The minimum Gasteiger partial charge on any atom is -0.308 e. The highest BCUT2D eigenvalue weighted by Crippen LogP contribution is 2.58. The summed E-state index contributed by atoms with van der Waals surface area (Å²) in [6, 6.07) is 81.1. The third-order valence-electron chi connectivity index (χ3n) is 14.2. The van der Waals surface area contributed by atoms with Crippen LogP contribution in [0.4, 0.5) is 34.1 Å². The van der Waals surface area contributed by atoms with Crippen LogP contribution in [-0.4, -0.2) is 0 Å². The van der Waals surface area contributed by atoms with Gasteiger partial charge in [-0.25, -0.2) is 0 Å². The fraction of sp³-hybridized carbons (Fsp3) is 0.0968. The third-order valence-corrected chi connectivity index (χ3v) is 14.2. The van der Waals surface area contributed by atoms with Crippen molar-refractivity contribution < 1.29 is 0 Å². The van der Waals surface area contributed by atoms with Crippen LogP contribution in [-0.2, 0) is 10.8 Å². The number of para-hydroxylation sites is 1. The van der Waals surface area contributed by atoms with Crippen LogP contribution in [0.5, 0.6) is 0 Å². The molecule has 0 radical (unpaired) electrons. The average Bonchev–Trinajstić information content (AvgIpc) is 3.57. The first-order chi connectivity index (χ1) is 31.3. The first kappa shape index (κ1) is 38.0. The predicted octanol–water partition coefficient (Wildman–Crippen LogP) is 17.2. The van der Waals surface area contributed by atoms with Gasteiger partial charge >= 0.3 is 0 Å². The van der Waals surface area contributed by atoms with Gasteiger partial charge in [0.1, 0.15) is 0 Å². The van der Waals surface area contributed by atoms with Crippen molar-refractivity contribution in [1.29, 1.82) is 0 Å². The molecule has 10 aromatic carbocycles. The van der Waals surface area contributed by atoms with Crippen molar-refractivity contribution in [3.05, 3.63) is 241 Å². The fourth-order valence-corrected chi connectivity index (χ4v) is 11.0. The van der Waals surface area contributed by atoms with Crippen LogP contribution in [0.1, 0.15) is 49.9 Å². The van der Waals surface area contributed by atoms with E-state index in [4.69, 9.17) is 0 Å². The smallest absolute Gasteiger partial charge is 0.0781 e. The van der Waals surface area contributed by atoms with Crippen LogP contribution in [0, 0.1) is 0 Å². The standard InChI is InChI=1S/C62H48N2/c1-61(2)53-29-13-12-27-51(53)52-35-34-47(40-55(52)61)63(46-24-16-23-44(38-46)41-18-6-5-7-19-41)59-37-32-43-21-9-11-26-50(43)60(59)64-57-31-15-14-30-54(57)62(3,4)56-39-45(33-36-58(56)64)49-28-17-22-42-20-8-10-25-48(42)49/h5-40H,1-4H3. The summed E-state index contributed by atoms with van der Waals surface area (Å²) < 4.78 is 0. The lowest BCUT2D eigenvalue weighted by atomic mass is 9.72. The Hall–Kier alpha value is -7.68.